The second-order valence-electron chi connectivity index (χ2n) is 4.77. The van der Waals surface area contributed by atoms with Crippen molar-refractivity contribution in [3.8, 4) is 0 Å². The van der Waals surface area contributed by atoms with Crippen LogP contribution in [0.1, 0.15) is 13.3 Å². The first-order valence-electron chi connectivity index (χ1n) is 6.48. The number of aromatic nitrogens is 2. The van der Waals surface area contributed by atoms with Crippen molar-refractivity contribution in [2.24, 2.45) is 0 Å². The molecule has 17 heavy (non-hydrogen) atoms. The monoisotopic (exact) mass is 234 g/mol. The first-order chi connectivity index (χ1) is 8.36. The van der Waals surface area contributed by atoms with E-state index in [0.29, 0.717) is 6.04 Å². The molecule has 0 amide bonds. The Morgan fingerprint density at radius 1 is 1.47 bits per heavy atom. The summed E-state index contributed by atoms with van der Waals surface area (Å²) in [5.41, 5.74) is 0. The number of nitrogens with zero attached hydrogens (tertiary/aromatic N) is 3. The van der Waals surface area contributed by atoms with Crippen LogP contribution in [0.2, 0.25) is 0 Å². The molecule has 0 radical (unpaired) electrons. The minimum absolute atomic E-state index is 0.565. The number of rotatable bonds is 2. The minimum atomic E-state index is 0.565. The lowest BCUT2D eigenvalue weighted by molar-refractivity contribution is -0.676. The third-order valence-electron chi connectivity index (χ3n) is 3.61. The first kappa shape index (κ1) is 10.8. The average Bonchev–Trinajstić information content (AvgIpc) is 2.81. The zero-order chi connectivity index (χ0) is 11.7. The lowest BCUT2D eigenvalue weighted by Crippen LogP contribution is -2.44. The second-order valence-corrected chi connectivity index (χ2v) is 4.77. The van der Waals surface area contributed by atoms with Crippen LogP contribution in [-0.4, -0.2) is 37.2 Å². The third kappa shape index (κ3) is 2.07. The van der Waals surface area contributed by atoms with Crippen LogP contribution >= 0.6 is 0 Å². The van der Waals surface area contributed by atoms with Crippen LogP contribution in [0.3, 0.4) is 0 Å². The molecule has 0 aromatic carbocycles. The van der Waals surface area contributed by atoms with E-state index < -0.39 is 0 Å². The van der Waals surface area contributed by atoms with Gasteiger partial charge in [-0.25, -0.2) is 4.57 Å². The number of piperazine rings is 1. The Balaban J connectivity index is 1.80. The SMILES string of the molecule is CC[C@H]1C[n+]2cnc(N3CCNCC3)cc2N1. The Kier molecular flexibility index (Phi) is 2.84. The van der Waals surface area contributed by atoms with Crippen molar-refractivity contribution in [2.75, 3.05) is 36.4 Å². The summed E-state index contributed by atoms with van der Waals surface area (Å²) in [7, 11) is 0. The third-order valence-corrected chi connectivity index (χ3v) is 3.61. The number of hydrogen-bond acceptors (Lipinski definition) is 4. The van der Waals surface area contributed by atoms with Crippen molar-refractivity contribution in [3.05, 3.63) is 12.4 Å². The fourth-order valence-electron chi connectivity index (χ4n) is 2.49. The predicted octanol–water partition coefficient (Wildman–Crippen LogP) is -0.0172. The molecule has 2 N–H and O–H groups in total. The Morgan fingerprint density at radius 3 is 3.06 bits per heavy atom. The van der Waals surface area contributed by atoms with Gasteiger partial charge in [0.25, 0.3) is 0 Å². The van der Waals surface area contributed by atoms with Crippen LogP contribution in [0.15, 0.2) is 12.4 Å². The van der Waals surface area contributed by atoms with Crippen molar-refractivity contribution >= 4 is 11.6 Å². The zero-order valence-electron chi connectivity index (χ0n) is 10.3. The number of fused-ring (bicyclic) bond motifs is 1. The molecule has 3 heterocycles. The number of anilines is 2. The summed E-state index contributed by atoms with van der Waals surface area (Å²) >= 11 is 0. The van der Waals surface area contributed by atoms with E-state index in [1.54, 1.807) is 0 Å². The maximum absolute atomic E-state index is 4.56. The lowest BCUT2D eigenvalue weighted by Gasteiger charge is -2.26. The van der Waals surface area contributed by atoms with Crippen molar-refractivity contribution in [1.82, 2.24) is 10.3 Å². The topological polar surface area (TPSA) is 44.1 Å². The highest BCUT2D eigenvalue weighted by atomic mass is 15.3. The second kappa shape index (κ2) is 4.49. The maximum atomic E-state index is 4.56. The highest BCUT2D eigenvalue weighted by Gasteiger charge is 2.26. The molecule has 1 fully saturated rings. The normalized spacial score (nSPS) is 23.4. The zero-order valence-corrected chi connectivity index (χ0v) is 10.3. The molecule has 5 heteroatoms. The van der Waals surface area contributed by atoms with Gasteiger partial charge in [0.05, 0.1) is 6.07 Å². The summed E-state index contributed by atoms with van der Waals surface area (Å²) in [5, 5.41) is 6.91. The molecule has 92 valence electrons. The van der Waals surface area contributed by atoms with E-state index in [4.69, 9.17) is 0 Å². The van der Waals surface area contributed by atoms with E-state index in [1.807, 2.05) is 6.33 Å². The molecule has 5 nitrogen and oxygen atoms in total. The summed E-state index contributed by atoms with van der Waals surface area (Å²) in [6.45, 7) is 7.46. The molecule has 2 aliphatic rings. The fraction of sp³-hybridized carbons (Fsp3) is 0.667. The first-order valence-corrected chi connectivity index (χ1v) is 6.48. The van der Waals surface area contributed by atoms with Gasteiger partial charge in [0.15, 0.2) is 0 Å². The van der Waals surface area contributed by atoms with E-state index in [0.717, 1.165) is 45.0 Å². The Bertz CT molecular complexity index is 400. The summed E-state index contributed by atoms with van der Waals surface area (Å²) in [5.74, 6) is 2.31. The van der Waals surface area contributed by atoms with E-state index in [2.05, 4.69) is 38.1 Å². The highest BCUT2D eigenvalue weighted by molar-refractivity contribution is 5.47. The van der Waals surface area contributed by atoms with Crippen molar-refractivity contribution in [3.63, 3.8) is 0 Å². The standard InChI is InChI=1S/C12H19N5/c1-2-10-8-17-9-14-11(7-12(17)15-10)16-5-3-13-4-6-16/h7,9-10,13H,2-6,8H2,1H3/p+1/t10-/m0/s1. The summed E-state index contributed by atoms with van der Waals surface area (Å²) in [6.07, 6.45) is 3.13. The molecule has 0 aliphatic carbocycles. The molecule has 0 unspecified atom stereocenters. The predicted molar refractivity (Wildman–Crippen MR) is 67.2 cm³/mol. The molecular formula is C12H20N5+. The van der Waals surface area contributed by atoms with Crippen molar-refractivity contribution < 1.29 is 4.57 Å². The van der Waals surface area contributed by atoms with Crippen LogP contribution in [0.25, 0.3) is 0 Å². The molecule has 1 aromatic heterocycles. The van der Waals surface area contributed by atoms with Gasteiger partial charge < -0.3 is 10.2 Å². The van der Waals surface area contributed by atoms with Gasteiger partial charge in [-0.05, 0) is 6.42 Å². The van der Waals surface area contributed by atoms with Gasteiger partial charge in [0.2, 0.25) is 18.0 Å². The van der Waals surface area contributed by atoms with E-state index in [9.17, 15) is 0 Å². The lowest BCUT2D eigenvalue weighted by atomic mass is 10.2. The van der Waals surface area contributed by atoms with Gasteiger partial charge in [-0.2, -0.15) is 0 Å². The fourth-order valence-corrected chi connectivity index (χ4v) is 2.49. The van der Waals surface area contributed by atoms with E-state index >= 15 is 0 Å². The quantitative estimate of drug-likeness (QED) is 0.706. The molecule has 0 saturated carbocycles. The van der Waals surface area contributed by atoms with Crippen molar-refractivity contribution in [2.45, 2.75) is 25.9 Å². The summed E-state index contributed by atoms with van der Waals surface area (Å²) in [4.78, 5) is 6.91. The van der Waals surface area contributed by atoms with E-state index in [-0.39, 0.29) is 0 Å². The van der Waals surface area contributed by atoms with Crippen LogP contribution in [-0.2, 0) is 6.54 Å². The maximum Gasteiger partial charge on any atom is 0.228 e. The average molecular weight is 234 g/mol. The summed E-state index contributed by atoms with van der Waals surface area (Å²) in [6, 6.07) is 2.75. The van der Waals surface area contributed by atoms with Gasteiger partial charge in [-0.15, -0.1) is 0 Å². The Labute approximate surface area is 102 Å². The van der Waals surface area contributed by atoms with Gasteiger partial charge in [-0.3, -0.25) is 5.32 Å². The Morgan fingerprint density at radius 2 is 2.29 bits per heavy atom. The van der Waals surface area contributed by atoms with Gasteiger partial charge in [-0.1, -0.05) is 11.9 Å². The smallest absolute Gasteiger partial charge is 0.228 e. The molecule has 1 aromatic rings. The molecule has 0 bridgehead atoms. The van der Waals surface area contributed by atoms with Gasteiger partial charge >= 0.3 is 0 Å². The largest absolute Gasteiger partial charge is 0.340 e. The van der Waals surface area contributed by atoms with Crippen LogP contribution < -0.4 is 20.1 Å². The Hall–Kier alpha value is -1.36. The van der Waals surface area contributed by atoms with E-state index in [1.165, 1.54) is 5.82 Å². The van der Waals surface area contributed by atoms with Gasteiger partial charge in [0.1, 0.15) is 12.6 Å². The molecule has 1 saturated heterocycles. The van der Waals surface area contributed by atoms with Gasteiger partial charge in [0, 0.05) is 26.2 Å². The molecule has 2 aliphatic heterocycles. The van der Waals surface area contributed by atoms with Crippen LogP contribution in [0.5, 0.6) is 0 Å². The van der Waals surface area contributed by atoms with Crippen LogP contribution in [0, 0.1) is 0 Å². The minimum Gasteiger partial charge on any atom is -0.340 e. The van der Waals surface area contributed by atoms with Crippen LogP contribution in [0.4, 0.5) is 11.6 Å². The highest BCUT2D eigenvalue weighted by Crippen LogP contribution is 2.18. The molecular weight excluding hydrogens is 214 g/mol. The van der Waals surface area contributed by atoms with Crippen molar-refractivity contribution in [1.29, 1.82) is 0 Å². The number of nitrogens with one attached hydrogen (secondary N) is 2. The molecule has 1 atom stereocenters. The molecule has 3 rings (SSSR count). The number of hydrogen-bond donors (Lipinski definition) is 2. The summed E-state index contributed by atoms with van der Waals surface area (Å²) < 4.78 is 2.21. The molecule has 0 spiro atoms.